The number of fused-ring (bicyclic) bond motifs is 1. The van der Waals surface area contributed by atoms with Gasteiger partial charge < -0.3 is 14.8 Å². The Bertz CT molecular complexity index is 704. The fraction of sp³-hybridized carbons (Fsp3) is 0.375. The largest absolute Gasteiger partial charge is 0.454 e. The maximum Gasteiger partial charge on any atom is 0.256 e. The standard InChI is InChI=1S/C16H17N3O3/c20-16(11-5-6-13-14(9-11)22-10-21-13)18-15-7-8-17-19(15)12-3-1-2-4-12/h5-9,12H,1-4,10H2,(H,18,20). The zero-order chi connectivity index (χ0) is 14.9. The van der Waals surface area contributed by atoms with Gasteiger partial charge in [0.25, 0.3) is 5.91 Å². The minimum Gasteiger partial charge on any atom is -0.454 e. The van der Waals surface area contributed by atoms with Crippen LogP contribution in [0.25, 0.3) is 0 Å². The van der Waals surface area contributed by atoms with Gasteiger partial charge in [-0.25, -0.2) is 4.68 Å². The summed E-state index contributed by atoms with van der Waals surface area (Å²) in [5.41, 5.74) is 0.545. The van der Waals surface area contributed by atoms with Crippen molar-refractivity contribution in [2.24, 2.45) is 0 Å². The lowest BCUT2D eigenvalue weighted by Gasteiger charge is -2.14. The Morgan fingerprint density at radius 2 is 2.00 bits per heavy atom. The first-order chi connectivity index (χ1) is 10.8. The fourth-order valence-corrected chi connectivity index (χ4v) is 3.08. The van der Waals surface area contributed by atoms with E-state index >= 15 is 0 Å². The van der Waals surface area contributed by atoms with Gasteiger partial charge in [-0.1, -0.05) is 12.8 Å². The van der Waals surface area contributed by atoms with Crippen molar-refractivity contribution in [3.05, 3.63) is 36.0 Å². The van der Waals surface area contributed by atoms with E-state index in [1.165, 1.54) is 12.8 Å². The topological polar surface area (TPSA) is 65.4 Å². The van der Waals surface area contributed by atoms with E-state index in [1.54, 1.807) is 24.4 Å². The Labute approximate surface area is 128 Å². The van der Waals surface area contributed by atoms with Crippen LogP contribution in [-0.2, 0) is 0 Å². The summed E-state index contributed by atoms with van der Waals surface area (Å²) in [5.74, 6) is 1.86. The van der Waals surface area contributed by atoms with Crippen molar-refractivity contribution in [3.8, 4) is 11.5 Å². The van der Waals surface area contributed by atoms with Gasteiger partial charge in [-0.05, 0) is 31.0 Å². The van der Waals surface area contributed by atoms with Crippen LogP contribution >= 0.6 is 0 Å². The molecule has 1 aliphatic carbocycles. The molecule has 114 valence electrons. The van der Waals surface area contributed by atoms with Crippen LogP contribution in [-0.4, -0.2) is 22.5 Å². The lowest BCUT2D eigenvalue weighted by atomic mass is 10.2. The number of amides is 1. The van der Waals surface area contributed by atoms with Gasteiger partial charge in [-0.2, -0.15) is 5.10 Å². The molecule has 2 aliphatic rings. The van der Waals surface area contributed by atoms with Gasteiger partial charge >= 0.3 is 0 Å². The van der Waals surface area contributed by atoms with E-state index in [4.69, 9.17) is 9.47 Å². The molecule has 0 saturated heterocycles. The average molecular weight is 299 g/mol. The van der Waals surface area contributed by atoms with Crippen LogP contribution < -0.4 is 14.8 Å². The van der Waals surface area contributed by atoms with Crippen molar-refractivity contribution < 1.29 is 14.3 Å². The highest BCUT2D eigenvalue weighted by molar-refractivity contribution is 6.04. The molecule has 1 aromatic heterocycles. The third-order valence-electron chi connectivity index (χ3n) is 4.22. The maximum atomic E-state index is 12.4. The summed E-state index contributed by atoms with van der Waals surface area (Å²) < 4.78 is 12.5. The Kier molecular flexibility index (Phi) is 3.21. The zero-order valence-corrected chi connectivity index (χ0v) is 12.1. The number of carbonyl (C=O) groups excluding carboxylic acids is 1. The first-order valence-corrected chi connectivity index (χ1v) is 7.56. The number of hydrogen-bond donors (Lipinski definition) is 1. The van der Waals surface area contributed by atoms with Crippen LogP contribution in [0.3, 0.4) is 0 Å². The number of nitrogens with one attached hydrogen (secondary N) is 1. The van der Waals surface area contributed by atoms with Crippen molar-refractivity contribution in [1.82, 2.24) is 9.78 Å². The van der Waals surface area contributed by atoms with Crippen molar-refractivity contribution in [1.29, 1.82) is 0 Å². The first kappa shape index (κ1) is 13.2. The molecule has 0 spiro atoms. The highest BCUT2D eigenvalue weighted by Gasteiger charge is 2.21. The molecule has 6 nitrogen and oxygen atoms in total. The molecule has 1 fully saturated rings. The van der Waals surface area contributed by atoms with E-state index in [0.717, 1.165) is 18.7 Å². The lowest BCUT2D eigenvalue weighted by Crippen LogP contribution is -2.17. The fourth-order valence-electron chi connectivity index (χ4n) is 3.08. The van der Waals surface area contributed by atoms with Gasteiger partial charge in [0.2, 0.25) is 6.79 Å². The minimum atomic E-state index is -0.168. The number of ether oxygens (including phenoxy) is 2. The van der Waals surface area contributed by atoms with Crippen LogP contribution in [0.2, 0.25) is 0 Å². The molecule has 0 unspecified atom stereocenters. The van der Waals surface area contributed by atoms with Crippen LogP contribution in [0.15, 0.2) is 30.5 Å². The molecule has 1 aromatic carbocycles. The van der Waals surface area contributed by atoms with E-state index < -0.39 is 0 Å². The monoisotopic (exact) mass is 299 g/mol. The van der Waals surface area contributed by atoms with E-state index in [1.807, 2.05) is 10.7 Å². The lowest BCUT2D eigenvalue weighted by molar-refractivity contribution is 0.102. The first-order valence-electron chi connectivity index (χ1n) is 7.56. The molecular weight excluding hydrogens is 282 g/mol. The minimum absolute atomic E-state index is 0.168. The summed E-state index contributed by atoms with van der Waals surface area (Å²) >= 11 is 0. The number of hydrogen-bond acceptors (Lipinski definition) is 4. The molecule has 1 amide bonds. The molecule has 1 N–H and O–H groups in total. The van der Waals surface area contributed by atoms with Gasteiger partial charge in [0, 0.05) is 11.6 Å². The Balaban J connectivity index is 1.54. The van der Waals surface area contributed by atoms with Crippen LogP contribution in [0.1, 0.15) is 42.1 Å². The van der Waals surface area contributed by atoms with Crippen LogP contribution in [0.4, 0.5) is 5.82 Å². The number of aromatic nitrogens is 2. The third-order valence-corrected chi connectivity index (χ3v) is 4.22. The maximum absolute atomic E-state index is 12.4. The second kappa shape index (κ2) is 5.36. The SMILES string of the molecule is O=C(Nc1ccnn1C1CCCC1)c1ccc2c(c1)OCO2. The second-order valence-electron chi connectivity index (χ2n) is 5.62. The summed E-state index contributed by atoms with van der Waals surface area (Å²) in [6.07, 6.45) is 6.41. The van der Waals surface area contributed by atoms with Gasteiger partial charge in [0.05, 0.1) is 12.2 Å². The van der Waals surface area contributed by atoms with Gasteiger partial charge in [0.15, 0.2) is 11.5 Å². The molecule has 0 radical (unpaired) electrons. The van der Waals surface area contributed by atoms with E-state index in [-0.39, 0.29) is 12.7 Å². The van der Waals surface area contributed by atoms with Gasteiger partial charge in [-0.15, -0.1) is 0 Å². The Morgan fingerprint density at radius 1 is 1.18 bits per heavy atom. The van der Waals surface area contributed by atoms with E-state index in [9.17, 15) is 4.79 Å². The van der Waals surface area contributed by atoms with Crippen molar-refractivity contribution in [3.63, 3.8) is 0 Å². The van der Waals surface area contributed by atoms with E-state index in [2.05, 4.69) is 10.4 Å². The van der Waals surface area contributed by atoms with Crippen LogP contribution in [0.5, 0.6) is 11.5 Å². The molecule has 4 rings (SSSR count). The normalized spacial score (nSPS) is 16.9. The Morgan fingerprint density at radius 3 is 2.86 bits per heavy atom. The number of carbonyl (C=O) groups is 1. The molecule has 22 heavy (non-hydrogen) atoms. The molecule has 1 aliphatic heterocycles. The van der Waals surface area contributed by atoms with Crippen molar-refractivity contribution in [2.75, 3.05) is 12.1 Å². The molecule has 1 saturated carbocycles. The Hall–Kier alpha value is -2.50. The highest BCUT2D eigenvalue weighted by Crippen LogP contribution is 2.33. The smallest absolute Gasteiger partial charge is 0.256 e. The van der Waals surface area contributed by atoms with Crippen LogP contribution in [0, 0.1) is 0 Å². The second-order valence-corrected chi connectivity index (χ2v) is 5.62. The number of anilines is 1. The van der Waals surface area contributed by atoms with Crippen molar-refractivity contribution >= 4 is 11.7 Å². The molecule has 2 heterocycles. The summed E-state index contributed by atoms with van der Waals surface area (Å²) in [6.45, 7) is 0.203. The van der Waals surface area contributed by atoms with Crippen molar-refractivity contribution in [2.45, 2.75) is 31.7 Å². The quantitative estimate of drug-likeness (QED) is 0.946. The zero-order valence-electron chi connectivity index (χ0n) is 12.1. The highest BCUT2D eigenvalue weighted by atomic mass is 16.7. The third kappa shape index (κ3) is 2.30. The summed E-state index contributed by atoms with van der Waals surface area (Å²) in [5, 5.41) is 7.30. The summed E-state index contributed by atoms with van der Waals surface area (Å²) in [6, 6.07) is 7.42. The van der Waals surface area contributed by atoms with E-state index in [0.29, 0.717) is 23.1 Å². The average Bonchev–Trinajstić information content (AvgIpc) is 3.27. The predicted molar refractivity (Wildman–Crippen MR) is 80.3 cm³/mol. The number of benzene rings is 1. The number of nitrogens with zero attached hydrogens (tertiary/aromatic N) is 2. The summed E-state index contributed by atoms with van der Waals surface area (Å²) in [4.78, 5) is 12.4. The molecule has 6 heteroatoms. The molecular formula is C16H17N3O3. The van der Waals surface area contributed by atoms with Gasteiger partial charge in [0.1, 0.15) is 5.82 Å². The predicted octanol–water partition coefficient (Wildman–Crippen LogP) is 2.98. The molecule has 0 atom stereocenters. The number of rotatable bonds is 3. The summed E-state index contributed by atoms with van der Waals surface area (Å²) in [7, 11) is 0. The molecule has 2 aromatic rings. The molecule has 0 bridgehead atoms. The van der Waals surface area contributed by atoms with Gasteiger partial charge in [-0.3, -0.25) is 4.79 Å².